The van der Waals surface area contributed by atoms with Crippen LogP contribution in [-0.4, -0.2) is 47.0 Å². The number of nitrogens with zero attached hydrogens (tertiary/aromatic N) is 4. The zero-order valence-electron chi connectivity index (χ0n) is 17.5. The summed E-state index contributed by atoms with van der Waals surface area (Å²) in [6.07, 6.45) is 3.16. The van der Waals surface area contributed by atoms with Crippen LogP contribution in [0.25, 0.3) is 5.82 Å². The minimum absolute atomic E-state index is 0. The third-order valence-corrected chi connectivity index (χ3v) is 5.49. The van der Waals surface area contributed by atoms with Crippen LogP contribution in [0.15, 0.2) is 29.4 Å². The fourth-order valence-electron chi connectivity index (χ4n) is 3.58. The van der Waals surface area contributed by atoms with Gasteiger partial charge in [0.05, 0.1) is 11.8 Å². The average molecular weight is 498 g/mol. The van der Waals surface area contributed by atoms with Crippen molar-refractivity contribution in [3.8, 4) is 5.82 Å². The fourth-order valence-corrected chi connectivity index (χ4v) is 3.58. The van der Waals surface area contributed by atoms with E-state index in [2.05, 4.69) is 45.6 Å². The van der Waals surface area contributed by atoms with E-state index in [0.29, 0.717) is 18.7 Å². The molecule has 7 nitrogen and oxygen atoms in total. The van der Waals surface area contributed by atoms with Gasteiger partial charge in [0, 0.05) is 44.0 Å². The maximum atomic E-state index is 5.52. The summed E-state index contributed by atoms with van der Waals surface area (Å²) in [5, 5.41) is 11.3. The quantitative estimate of drug-likeness (QED) is 0.377. The maximum Gasteiger partial charge on any atom is 0.191 e. The number of nitrogens with one attached hydrogen (secondary N) is 2. The van der Waals surface area contributed by atoms with E-state index >= 15 is 0 Å². The highest BCUT2D eigenvalue weighted by molar-refractivity contribution is 14.0. The molecule has 8 heteroatoms. The molecule has 3 rings (SSSR count). The Hall–Kier alpha value is -1.68. The monoisotopic (exact) mass is 498 g/mol. The van der Waals surface area contributed by atoms with E-state index in [1.165, 1.54) is 0 Å². The van der Waals surface area contributed by atoms with Crippen LogP contribution in [0.3, 0.4) is 0 Å². The lowest BCUT2D eigenvalue weighted by Crippen LogP contribution is -2.63. The van der Waals surface area contributed by atoms with Gasteiger partial charge in [-0.15, -0.1) is 24.0 Å². The first kappa shape index (κ1) is 22.6. The Morgan fingerprint density at radius 1 is 1.36 bits per heavy atom. The van der Waals surface area contributed by atoms with Gasteiger partial charge in [-0.2, -0.15) is 5.10 Å². The summed E-state index contributed by atoms with van der Waals surface area (Å²) in [7, 11) is 3.57. The predicted molar refractivity (Wildman–Crippen MR) is 123 cm³/mol. The number of halogens is 1. The molecule has 1 saturated carbocycles. The molecule has 2 aromatic rings. The Bertz CT molecular complexity index is 815. The molecular weight excluding hydrogens is 467 g/mol. The number of aliphatic imine (C=N–C) groups is 1. The normalized spacial score (nSPS) is 20.9. The van der Waals surface area contributed by atoms with Crippen LogP contribution in [0.2, 0.25) is 0 Å². The average Bonchev–Trinajstić information content (AvgIpc) is 2.99. The number of pyridine rings is 1. The topological polar surface area (TPSA) is 76.4 Å². The first-order valence-corrected chi connectivity index (χ1v) is 9.33. The highest BCUT2D eigenvalue weighted by Gasteiger charge is 2.48. The van der Waals surface area contributed by atoms with Gasteiger partial charge in [-0.05, 0) is 38.0 Å². The van der Waals surface area contributed by atoms with E-state index < -0.39 is 0 Å². The number of hydrogen-bond donors (Lipinski definition) is 2. The van der Waals surface area contributed by atoms with Crippen molar-refractivity contribution >= 4 is 29.9 Å². The van der Waals surface area contributed by atoms with Crippen LogP contribution in [-0.2, 0) is 11.3 Å². The summed E-state index contributed by atoms with van der Waals surface area (Å²) in [4.78, 5) is 8.88. The molecule has 0 aliphatic heterocycles. The number of methoxy groups -OCH3 is 1. The number of ether oxygens (including phenoxy) is 1. The zero-order valence-corrected chi connectivity index (χ0v) is 19.8. The molecule has 0 bridgehead atoms. The van der Waals surface area contributed by atoms with Crippen molar-refractivity contribution in [2.75, 3.05) is 14.2 Å². The van der Waals surface area contributed by atoms with Gasteiger partial charge in [0.2, 0.25) is 0 Å². The molecule has 0 aromatic carbocycles. The molecule has 2 atom stereocenters. The van der Waals surface area contributed by atoms with Crippen molar-refractivity contribution in [2.24, 2.45) is 10.4 Å². The lowest BCUT2D eigenvalue weighted by molar-refractivity contribution is -0.0922. The summed E-state index contributed by atoms with van der Waals surface area (Å²) in [5.74, 6) is 1.62. The third kappa shape index (κ3) is 4.65. The highest BCUT2D eigenvalue weighted by atomic mass is 127. The van der Waals surface area contributed by atoms with Gasteiger partial charge in [0.1, 0.15) is 0 Å². The van der Waals surface area contributed by atoms with Crippen LogP contribution in [0.1, 0.15) is 37.2 Å². The highest BCUT2D eigenvalue weighted by Crippen LogP contribution is 2.42. The van der Waals surface area contributed by atoms with Gasteiger partial charge in [0.15, 0.2) is 11.8 Å². The molecule has 2 N–H and O–H groups in total. The largest absolute Gasteiger partial charge is 0.381 e. The minimum Gasteiger partial charge on any atom is -0.381 e. The van der Waals surface area contributed by atoms with Crippen molar-refractivity contribution in [1.29, 1.82) is 0 Å². The van der Waals surface area contributed by atoms with Crippen LogP contribution in [0.4, 0.5) is 0 Å². The van der Waals surface area contributed by atoms with Crippen LogP contribution >= 0.6 is 24.0 Å². The minimum atomic E-state index is 0. The number of guanidine groups is 1. The SMILES string of the molecule is CN=C(NCc1ccc(-n2nc(C)cc2C)nc1)NC1CC(OC)C1(C)C.I. The molecule has 1 fully saturated rings. The van der Waals surface area contributed by atoms with Crippen molar-refractivity contribution < 1.29 is 4.74 Å². The second-order valence-electron chi connectivity index (χ2n) is 7.77. The van der Waals surface area contributed by atoms with Crippen molar-refractivity contribution in [3.63, 3.8) is 0 Å². The number of rotatable bonds is 5. The van der Waals surface area contributed by atoms with E-state index in [9.17, 15) is 0 Å². The van der Waals surface area contributed by atoms with Gasteiger partial charge in [-0.25, -0.2) is 9.67 Å². The van der Waals surface area contributed by atoms with Crippen molar-refractivity contribution in [3.05, 3.63) is 41.3 Å². The van der Waals surface area contributed by atoms with Crippen LogP contribution in [0.5, 0.6) is 0 Å². The molecule has 28 heavy (non-hydrogen) atoms. The molecule has 2 aromatic heterocycles. The number of aryl methyl sites for hydroxylation is 2. The second kappa shape index (κ2) is 9.21. The van der Waals surface area contributed by atoms with Crippen LogP contribution in [0, 0.1) is 19.3 Å². The van der Waals surface area contributed by atoms with E-state index in [-0.39, 0.29) is 29.4 Å². The third-order valence-electron chi connectivity index (χ3n) is 5.49. The molecule has 154 valence electrons. The lowest BCUT2D eigenvalue weighted by atomic mass is 9.64. The molecule has 2 heterocycles. The Morgan fingerprint density at radius 2 is 2.11 bits per heavy atom. The molecule has 1 aliphatic rings. The Balaban J connectivity index is 0.00000280. The Labute approximate surface area is 184 Å². The van der Waals surface area contributed by atoms with Crippen molar-refractivity contribution in [2.45, 2.75) is 52.8 Å². The second-order valence-corrected chi connectivity index (χ2v) is 7.77. The first-order valence-electron chi connectivity index (χ1n) is 9.33. The summed E-state index contributed by atoms with van der Waals surface area (Å²) < 4.78 is 7.38. The van der Waals surface area contributed by atoms with E-state index in [1.54, 1.807) is 14.2 Å². The summed E-state index contributed by atoms with van der Waals surface area (Å²) >= 11 is 0. The lowest BCUT2D eigenvalue weighted by Gasteiger charge is -2.51. The summed E-state index contributed by atoms with van der Waals surface area (Å²) in [5.41, 5.74) is 3.25. The maximum absolute atomic E-state index is 5.52. The van der Waals surface area contributed by atoms with Gasteiger partial charge in [-0.1, -0.05) is 19.9 Å². The van der Waals surface area contributed by atoms with Gasteiger partial charge >= 0.3 is 0 Å². The Kier molecular flexibility index (Phi) is 7.44. The van der Waals surface area contributed by atoms with E-state index in [4.69, 9.17) is 4.74 Å². The summed E-state index contributed by atoms with van der Waals surface area (Å²) in [6.45, 7) is 9.11. The smallest absolute Gasteiger partial charge is 0.191 e. The number of aromatic nitrogens is 3. The predicted octanol–water partition coefficient (Wildman–Crippen LogP) is 2.98. The molecule has 0 saturated heterocycles. The molecule has 2 unspecified atom stereocenters. The number of hydrogen-bond acceptors (Lipinski definition) is 4. The molecule has 1 aliphatic carbocycles. The molecule has 0 amide bonds. The van der Waals surface area contributed by atoms with Crippen LogP contribution < -0.4 is 10.6 Å². The van der Waals surface area contributed by atoms with E-state index in [0.717, 1.165) is 35.1 Å². The molecular formula is C20H31IN6O. The van der Waals surface area contributed by atoms with Gasteiger partial charge in [0.25, 0.3) is 0 Å². The molecule has 0 spiro atoms. The van der Waals surface area contributed by atoms with Gasteiger partial charge in [-0.3, -0.25) is 4.99 Å². The zero-order chi connectivity index (χ0) is 19.6. The van der Waals surface area contributed by atoms with Gasteiger partial charge < -0.3 is 15.4 Å². The first-order chi connectivity index (χ1) is 12.8. The molecule has 0 radical (unpaired) electrons. The fraction of sp³-hybridized carbons (Fsp3) is 0.550. The standard InChI is InChI=1S/C20H30N6O.HI/c1-13-9-14(2)26(25-13)18-8-7-15(11-22-18)12-23-19(21-5)24-16-10-17(27-6)20(16,3)4;/h7-9,11,16-17H,10,12H2,1-6H3,(H2,21,23,24);1H. The summed E-state index contributed by atoms with van der Waals surface area (Å²) in [6, 6.07) is 6.45. The van der Waals surface area contributed by atoms with Crippen molar-refractivity contribution in [1.82, 2.24) is 25.4 Å². The Morgan fingerprint density at radius 3 is 2.61 bits per heavy atom. The van der Waals surface area contributed by atoms with E-state index in [1.807, 2.05) is 36.9 Å².